The van der Waals surface area contributed by atoms with Gasteiger partial charge in [-0.25, -0.2) is 19.9 Å². The lowest BCUT2D eigenvalue weighted by Crippen LogP contribution is -2.03. The largest absolute Gasteiger partial charge is 0.452 e. The van der Waals surface area contributed by atoms with Crippen LogP contribution in [0.1, 0.15) is 0 Å². The third kappa shape index (κ3) is 8.56. The highest BCUT2D eigenvalue weighted by molar-refractivity contribution is 6.38. The van der Waals surface area contributed by atoms with Gasteiger partial charge in [0.1, 0.15) is 27.9 Å². The van der Waals surface area contributed by atoms with Crippen molar-refractivity contribution in [2.45, 2.75) is 0 Å². The Bertz CT molecular complexity index is 8560. The molecule has 26 aromatic rings. The molecule has 10 heterocycles. The minimum atomic E-state index is 0.569. The molecule has 0 N–H and O–H groups in total. The average Bonchev–Trinajstić information content (AvgIpc) is 1.52. The van der Waals surface area contributed by atoms with E-state index in [-0.39, 0.29) is 0 Å². The molecule has 0 amide bonds. The summed E-state index contributed by atoms with van der Waals surface area (Å²) in [7, 11) is 0. The smallest absolute Gasteiger partial charge is 0.236 e. The van der Waals surface area contributed by atoms with Crippen molar-refractivity contribution < 1.29 is 8.83 Å². The zero-order valence-electron chi connectivity index (χ0n) is 60.9. The van der Waals surface area contributed by atoms with Gasteiger partial charge < -0.3 is 17.6 Å². The number of para-hydroxylation sites is 5. The summed E-state index contributed by atoms with van der Waals surface area (Å²) in [6.07, 6.45) is 0. The summed E-state index contributed by atoms with van der Waals surface area (Å²) in [4.78, 5) is 22.3. The monoisotopic (exact) mass is 1450 g/mol. The number of aromatic nitrogens is 8. The van der Waals surface area contributed by atoms with Gasteiger partial charge >= 0.3 is 0 Å². The molecule has 0 atom stereocenters. The van der Waals surface area contributed by atoms with E-state index in [1.807, 2.05) is 24.3 Å². The van der Waals surface area contributed by atoms with Gasteiger partial charge in [0.2, 0.25) is 5.95 Å². The number of fused-ring (bicyclic) bond motifs is 26. The lowest BCUT2D eigenvalue weighted by molar-refractivity contribution is 0.662. The highest BCUT2D eigenvalue weighted by atomic mass is 16.3. The zero-order chi connectivity index (χ0) is 74.1. The molecule has 10 aromatic heterocycles. The maximum absolute atomic E-state index is 7.03. The van der Waals surface area contributed by atoms with Gasteiger partial charge in [0, 0.05) is 86.5 Å². The van der Waals surface area contributed by atoms with Crippen molar-refractivity contribution in [1.82, 2.24) is 37.9 Å². The highest BCUT2D eigenvalue weighted by Gasteiger charge is 2.31. The first-order chi connectivity index (χ1) is 56.5. The van der Waals surface area contributed by atoms with Crippen LogP contribution in [0.2, 0.25) is 0 Å². The van der Waals surface area contributed by atoms with E-state index in [0.29, 0.717) is 34.5 Å². The summed E-state index contributed by atoms with van der Waals surface area (Å²) in [6, 6.07) is 127. The van der Waals surface area contributed by atoms with E-state index < -0.39 is 0 Å². The van der Waals surface area contributed by atoms with Crippen LogP contribution < -0.4 is 0 Å². The van der Waals surface area contributed by atoms with Gasteiger partial charge in [0.25, 0.3) is 0 Å². The van der Waals surface area contributed by atoms with Crippen LogP contribution in [-0.4, -0.2) is 37.9 Å². The second kappa shape index (κ2) is 23.0. The molecule has 0 aliphatic heterocycles. The lowest BCUT2D eigenvalue weighted by atomic mass is 9.97. The van der Waals surface area contributed by atoms with Crippen LogP contribution in [0.4, 0.5) is 0 Å². The number of benzene rings is 16. The van der Waals surface area contributed by atoms with Crippen molar-refractivity contribution in [2.75, 3.05) is 0 Å². The molecule has 0 saturated carbocycles. The Morgan fingerprint density at radius 1 is 0.211 bits per heavy atom. The predicted octanol–water partition coefficient (Wildman–Crippen LogP) is 27.2. The molecular weight excluding hydrogens is 1390 g/mol. The van der Waals surface area contributed by atoms with Crippen LogP contribution in [0.15, 0.2) is 361 Å². The Morgan fingerprint density at radius 3 is 1.11 bits per heavy atom. The Kier molecular flexibility index (Phi) is 12.4. The first-order valence-corrected chi connectivity index (χ1v) is 38.7. The summed E-state index contributed by atoms with van der Waals surface area (Å²) < 4.78 is 23.5. The lowest BCUT2D eigenvalue weighted by Gasteiger charge is -2.11. The average molecular weight is 1450 g/mol. The molecule has 0 bridgehead atoms. The zero-order valence-corrected chi connectivity index (χ0v) is 60.9. The van der Waals surface area contributed by atoms with Gasteiger partial charge in [-0.2, -0.15) is 0 Å². The second-order valence-corrected chi connectivity index (χ2v) is 30.3. The summed E-state index contributed by atoms with van der Waals surface area (Å²) in [5, 5.41) is 15.9. The van der Waals surface area contributed by atoms with Crippen molar-refractivity contribution in [1.29, 1.82) is 0 Å². The Morgan fingerprint density at radius 2 is 0.570 bits per heavy atom. The SMILES string of the molecule is c1ccc(-c2ccc(-c3nc(-n4c5ccc(-c6ccc(-c7ccc(-c8nc(-n9c%10ccccc%10c%10c%11c%12ccccc%12n%12c%13ccc(-c%14ccccc%14)cc%13c(cc%109)c%11%12)nc9c8oc8ccccc89)cc7)cc6)cc5c5c6c7ccccc7n7c8ccc(-c9ccccc9)cc8c(cc54)c67)c4oc5ccccc5c4n3)cc2)cc1. The van der Waals surface area contributed by atoms with Gasteiger partial charge in [-0.15, -0.1) is 0 Å². The Labute approximate surface area is 648 Å². The Balaban J connectivity index is 0.632. The van der Waals surface area contributed by atoms with Crippen molar-refractivity contribution in [3.8, 4) is 90.0 Å². The maximum Gasteiger partial charge on any atom is 0.236 e. The number of nitrogens with zero attached hydrogens (tertiary/aromatic N) is 8. The van der Waals surface area contributed by atoms with Gasteiger partial charge in [0.05, 0.1) is 55.2 Å². The second-order valence-electron chi connectivity index (χ2n) is 30.3. The van der Waals surface area contributed by atoms with Gasteiger partial charge in [-0.1, -0.05) is 261 Å². The summed E-state index contributed by atoms with van der Waals surface area (Å²) in [6.45, 7) is 0. The molecule has 16 aromatic carbocycles. The fraction of sp³-hybridized carbons (Fsp3) is 0. The van der Waals surface area contributed by atoms with E-state index in [9.17, 15) is 0 Å². The van der Waals surface area contributed by atoms with Crippen molar-refractivity contribution in [2.24, 2.45) is 0 Å². The van der Waals surface area contributed by atoms with Crippen LogP contribution in [0.5, 0.6) is 0 Å². The van der Waals surface area contributed by atoms with Crippen LogP contribution in [0.3, 0.4) is 0 Å². The molecule has 114 heavy (non-hydrogen) atoms. The van der Waals surface area contributed by atoms with Crippen LogP contribution in [0.25, 0.3) is 254 Å². The number of furan rings is 2. The molecule has 0 aliphatic carbocycles. The molecule has 0 spiro atoms. The summed E-state index contributed by atoms with van der Waals surface area (Å²) in [5.74, 6) is 1.85. The third-order valence-corrected chi connectivity index (χ3v) is 24.3. The topological polar surface area (TPSA) is 96.5 Å². The molecule has 0 fully saturated rings. The van der Waals surface area contributed by atoms with E-state index >= 15 is 0 Å². The summed E-state index contributed by atoms with van der Waals surface area (Å²) >= 11 is 0. The van der Waals surface area contributed by atoms with E-state index in [2.05, 4.69) is 346 Å². The summed E-state index contributed by atoms with van der Waals surface area (Å²) in [5.41, 5.74) is 29.3. The number of rotatable bonds is 9. The van der Waals surface area contributed by atoms with Crippen LogP contribution >= 0.6 is 0 Å². The maximum atomic E-state index is 7.03. The van der Waals surface area contributed by atoms with E-state index in [1.165, 1.54) is 81.8 Å². The molecule has 526 valence electrons. The molecule has 26 rings (SSSR count). The molecule has 0 aliphatic rings. The highest BCUT2D eigenvalue weighted by Crippen LogP contribution is 2.52. The fourth-order valence-electron chi connectivity index (χ4n) is 19.2. The minimum absolute atomic E-state index is 0.569. The van der Waals surface area contributed by atoms with Crippen LogP contribution in [-0.2, 0) is 0 Å². The number of hydrogen-bond donors (Lipinski definition) is 0. The van der Waals surface area contributed by atoms with Crippen LogP contribution in [0, 0.1) is 0 Å². The minimum Gasteiger partial charge on any atom is -0.452 e. The first kappa shape index (κ1) is 61.4. The quantitative estimate of drug-likeness (QED) is 0.143. The first-order valence-electron chi connectivity index (χ1n) is 38.7. The standard InChI is InChI=1S/C104H58N8O2/c1-4-20-59(21-5-1)62-42-46-67(47-43-62)102-105-97-75-30-14-19-35-90(75)114-101(97)103(108-102)111-86-53-50-70(56-80(86)92-87(111)57-78-76-54-68(60-22-6-2-7-23-60)48-51-84(76)110-82-32-16-12-28-73(82)94(92)99(78)110)65-38-36-63(37-39-65)64-40-44-66(45-41-64)95-100-96(74-29-13-18-34-89(74)113-100)107-104(106-95)112-83-33-17-10-26-71(83)91-88(112)58-79-77-55-69(61-24-8-3-9-25-61)49-52-85(77)109-81-31-15-11-27-72(81)93(91)98(79)109/h1-58H. The van der Waals surface area contributed by atoms with Crippen molar-refractivity contribution >= 4 is 164 Å². The molecule has 10 heteroatoms. The fourth-order valence-corrected chi connectivity index (χ4v) is 19.2. The van der Waals surface area contributed by atoms with Gasteiger partial charge in [-0.05, 0) is 147 Å². The van der Waals surface area contributed by atoms with Gasteiger partial charge in [0.15, 0.2) is 22.8 Å². The number of hydrogen-bond acceptors (Lipinski definition) is 6. The third-order valence-electron chi connectivity index (χ3n) is 24.3. The van der Waals surface area contributed by atoms with Gasteiger partial charge in [-0.3, -0.25) is 9.13 Å². The molecular formula is C104H58N8O2. The van der Waals surface area contributed by atoms with E-state index in [1.54, 1.807) is 0 Å². The van der Waals surface area contributed by atoms with Crippen molar-refractivity contribution in [3.05, 3.63) is 352 Å². The van der Waals surface area contributed by atoms with E-state index in [4.69, 9.17) is 28.8 Å². The predicted molar refractivity (Wildman–Crippen MR) is 468 cm³/mol. The molecule has 0 saturated heterocycles. The van der Waals surface area contributed by atoms with Crippen molar-refractivity contribution in [3.63, 3.8) is 0 Å². The molecule has 0 radical (unpaired) electrons. The molecule has 0 unspecified atom stereocenters. The molecule has 10 nitrogen and oxygen atoms in total. The van der Waals surface area contributed by atoms with E-state index in [0.717, 1.165) is 138 Å². The Hall–Kier alpha value is -15.5. The normalized spacial score (nSPS) is 12.4.